The van der Waals surface area contributed by atoms with E-state index in [2.05, 4.69) is 17.1 Å². The van der Waals surface area contributed by atoms with Gasteiger partial charge in [-0.1, -0.05) is 18.5 Å². The zero-order valence-electron chi connectivity index (χ0n) is 14.3. The van der Waals surface area contributed by atoms with Gasteiger partial charge in [0.1, 0.15) is 0 Å². The summed E-state index contributed by atoms with van der Waals surface area (Å²) in [6.45, 7) is 7.11. The number of esters is 1. The Labute approximate surface area is 169 Å². The van der Waals surface area contributed by atoms with Crippen LogP contribution in [0.5, 0.6) is 0 Å². The molecule has 0 radical (unpaired) electrons. The molecule has 2 atom stereocenters. The molecule has 5 nitrogen and oxygen atoms in total. The third kappa shape index (κ3) is 5.77. The number of thiophene rings is 1. The number of guanidine groups is 1. The molecule has 1 aromatic rings. The van der Waals surface area contributed by atoms with Gasteiger partial charge < -0.3 is 15.0 Å². The number of ether oxygens (including phenoxy) is 1. The third-order valence-corrected chi connectivity index (χ3v) is 5.29. The Kier molecular flexibility index (Phi) is 9.36. The summed E-state index contributed by atoms with van der Waals surface area (Å²) in [6.07, 6.45) is 0.871. The first-order valence-electron chi connectivity index (χ1n) is 7.90. The van der Waals surface area contributed by atoms with Crippen LogP contribution in [0.4, 0.5) is 0 Å². The number of likely N-dealkylation sites (tertiary alicyclic amines) is 1. The molecule has 0 bridgehead atoms. The predicted octanol–water partition coefficient (Wildman–Crippen LogP) is 3.27. The van der Waals surface area contributed by atoms with Crippen molar-refractivity contribution in [3.8, 4) is 0 Å². The summed E-state index contributed by atoms with van der Waals surface area (Å²) in [7, 11) is 1.45. The maximum absolute atomic E-state index is 11.8. The van der Waals surface area contributed by atoms with Gasteiger partial charge in [-0.15, -0.1) is 35.3 Å². The van der Waals surface area contributed by atoms with Crippen molar-refractivity contribution in [1.82, 2.24) is 10.2 Å². The quantitative estimate of drug-likeness (QED) is 0.301. The van der Waals surface area contributed by atoms with Crippen LogP contribution >= 0.6 is 46.9 Å². The fourth-order valence-electron chi connectivity index (χ4n) is 2.78. The first kappa shape index (κ1) is 21.5. The largest absolute Gasteiger partial charge is 0.469 e. The summed E-state index contributed by atoms with van der Waals surface area (Å²) in [5, 5.41) is 3.32. The van der Waals surface area contributed by atoms with Crippen LogP contribution in [0.1, 0.15) is 18.7 Å². The van der Waals surface area contributed by atoms with E-state index in [9.17, 15) is 4.79 Å². The van der Waals surface area contributed by atoms with Gasteiger partial charge in [-0.05, 0) is 25.0 Å². The number of rotatable bonds is 5. The number of hydrogen-bond donors (Lipinski definition) is 1. The summed E-state index contributed by atoms with van der Waals surface area (Å²) >= 11 is 7.54. The molecule has 8 heteroatoms. The normalized spacial score (nSPS) is 20.7. The van der Waals surface area contributed by atoms with E-state index >= 15 is 0 Å². The monoisotopic (exact) mass is 485 g/mol. The van der Waals surface area contributed by atoms with E-state index in [1.54, 1.807) is 11.3 Å². The second kappa shape index (κ2) is 10.5. The number of halogens is 2. The van der Waals surface area contributed by atoms with Crippen LogP contribution in [-0.4, -0.2) is 50.1 Å². The highest BCUT2D eigenvalue weighted by atomic mass is 127. The van der Waals surface area contributed by atoms with Gasteiger partial charge in [0.25, 0.3) is 0 Å². The molecule has 0 aromatic carbocycles. The van der Waals surface area contributed by atoms with Crippen LogP contribution in [0.15, 0.2) is 17.1 Å². The standard InChI is InChI=1S/C16H24ClN3O2S.HI/c1-4-18-16(19-8-7-12-5-6-14(17)23-12)20-9-11(2)13(10-20)15(21)22-3;/h5-6,11,13H,4,7-10H2,1-3H3,(H,18,19);1H. The van der Waals surface area contributed by atoms with E-state index < -0.39 is 0 Å². The first-order valence-corrected chi connectivity index (χ1v) is 9.09. The predicted molar refractivity (Wildman–Crippen MR) is 111 cm³/mol. The van der Waals surface area contributed by atoms with Crippen LogP contribution in [-0.2, 0) is 16.0 Å². The van der Waals surface area contributed by atoms with Gasteiger partial charge in [0.15, 0.2) is 5.96 Å². The first-order chi connectivity index (χ1) is 11.0. The number of hydrogen-bond acceptors (Lipinski definition) is 4. The average Bonchev–Trinajstić information content (AvgIpc) is 3.11. The lowest BCUT2D eigenvalue weighted by molar-refractivity contribution is -0.145. The molecule has 0 saturated carbocycles. The second-order valence-corrected chi connectivity index (χ2v) is 7.50. The van der Waals surface area contributed by atoms with Crippen LogP contribution in [0, 0.1) is 11.8 Å². The minimum Gasteiger partial charge on any atom is -0.469 e. The van der Waals surface area contributed by atoms with Crippen molar-refractivity contribution in [2.45, 2.75) is 20.3 Å². The number of carbonyl (C=O) groups is 1. The lowest BCUT2D eigenvalue weighted by Crippen LogP contribution is -2.40. The molecule has 2 rings (SSSR count). The summed E-state index contributed by atoms with van der Waals surface area (Å²) < 4.78 is 5.71. The fourth-order valence-corrected chi connectivity index (χ4v) is 3.86. The van der Waals surface area contributed by atoms with E-state index in [4.69, 9.17) is 21.3 Å². The van der Waals surface area contributed by atoms with Crippen molar-refractivity contribution in [2.24, 2.45) is 16.8 Å². The Morgan fingerprint density at radius 3 is 2.83 bits per heavy atom. The third-order valence-electron chi connectivity index (χ3n) is 4.00. The molecule has 1 aliphatic heterocycles. The van der Waals surface area contributed by atoms with Crippen LogP contribution in [0.3, 0.4) is 0 Å². The fraction of sp³-hybridized carbons (Fsp3) is 0.625. The van der Waals surface area contributed by atoms with Gasteiger partial charge >= 0.3 is 5.97 Å². The van der Waals surface area contributed by atoms with E-state index in [0.29, 0.717) is 13.1 Å². The Hall–Kier alpha value is -0.540. The Morgan fingerprint density at radius 2 is 2.25 bits per heavy atom. The second-order valence-electron chi connectivity index (χ2n) is 5.70. The topological polar surface area (TPSA) is 53.9 Å². The van der Waals surface area contributed by atoms with Gasteiger partial charge in [-0.25, -0.2) is 0 Å². The van der Waals surface area contributed by atoms with Gasteiger partial charge in [-0.3, -0.25) is 9.79 Å². The van der Waals surface area contributed by atoms with Crippen LogP contribution < -0.4 is 5.32 Å². The molecule has 0 amide bonds. The summed E-state index contributed by atoms with van der Waals surface area (Å²) in [5.41, 5.74) is 0. The van der Waals surface area contributed by atoms with Crippen molar-refractivity contribution >= 4 is 58.8 Å². The lowest BCUT2D eigenvalue weighted by Gasteiger charge is -2.21. The van der Waals surface area contributed by atoms with E-state index in [1.165, 1.54) is 12.0 Å². The smallest absolute Gasteiger partial charge is 0.310 e. The lowest BCUT2D eigenvalue weighted by atomic mass is 9.99. The van der Waals surface area contributed by atoms with Crippen molar-refractivity contribution in [2.75, 3.05) is 33.3 Å². The van der Waals surface area contributed by atoms with Gasteiger partial charge in [0.2, 0.25) is 0 Å². The van der Waals surface area contributed by atoms with Crippen molar-refractivity contribution in [3.05, 3.63) is 21.3 Å². The zero-order chi connectivity index (χ0) is 16.8. The molecule has 1 aliphatic rings. The molecular formula is C16H25ClIN3O2S. The van der Waals surface area contributed by atoms with E-state index in [-0.39, 0.29) is 41.8 Å². The molecule has 0 spiro atoms. The molecule has 1 N–H and O–H groups in total. The van der Waals surface area contributed by atoms with Gasteiger partial charge in [0, 0.05) is 37.5 Å². The Bertz CT molecular complexity index is 567. The van der Waals surface area contributed by atoms with Crippen LogP contribution in [0.2, 0.25) is 4.34 Å². The minimum atomic E-state index is -0.135. The summed E-state index contributed by atoms with van der Waals surface area (Å²) in [4.78, 5) is 19.9. The highest BCUT2D eigenvalue weighted by Gasteiger charge is 2.36. The number of nitrogens with one attached hydrogen (secondary N) is 1. The Balaban J connectivity index is 0.00000288. The molecule has 2 unspecified atom stereocenters. The average molecular weight is 486 g/mol. The highest BCUT2D eigenvalue weighted by Crippen LogP contribution is 2.24. The summed E-state index contributed by atoms with van der Waals surface area (Å²) in [6, 6.07) is 3.96. The molecule has 24 heavy (non-hydrogen) atoms. The molecule has 136 valence electrons. The maximum Gasteiger partial charge on any atom is 0.310 e. The molecule has 0 aliphatic carbocycles. The summed E-state index contributed by atoms with van der Waals surface area (Å²) in [5.74, 6) is 0.917. The van der Waals surface area contributed by atoms with E-state index in [1.807, 2.05) is 19.1 Å². The van der Waals surface area contributed by atoms with Crippen molar-refractivity contribution in [3.63, 3.8) is 0 Å². The minimum absolute atomic E-state index is 0. The number of nitrogens with zero attached hydrogens (tertiary/aromatic N) is 2. The Morgan fingerprint density at radius 1 is 1.50 bits per heavy atom. The van der Waals surface area contributed by atoms with Gasteiger partial charge in [0.05, 0.1) is 17.4 Å². The molecule has 2 heterocycles. The zero-order valence-corrected chi connectivity index (χ0v) is 18.2. The van der Waals surface area contributed by atoms with Crippen LogP contribution in [0.25, 0.3) is 0 Å². The van der Waals surface area contributed by atoms with Gasteiger partial charge in [-0.2, -0.15) is 0 Å². The highest BCUT2D eigenvalue weighted by molar-refractivity contribution is 14.0. The SMILES string of the molecule is CCNC(=NCCc1ccc(Cl)s1)N1CC(C)C(C(=O)OC)C1.I. The molecule has 1 saturated heterocycles. The molecular weight excluding hydrogens is 461 g/mol. The number of methoxy groups -OCH3 is 1. The maximum atomic E-state index is 11.8. The molecule has 1 fully saturated rings. The number of carbonyl (C=O) groups excluding carboxylic acids is 1. The van der Waals surface area contributed by atoms with E-state index in [0.717, 1.165) is 29.8 Å². The van der Waals surface area contributed by atoms with Crippen molar-refractivity contribution in [1.29, 1.82) is 0 Å². The van der Waals surface area contributed by atoms with Crippen molar-refractivity contribution < 1.29 is 9.53 Å². The molecule has 1 aromatic heterocycles. The number of aliphatic imine (C=N–C) groups is 1.